The number of hydrogen-bond donors (Lipinski definition) is 0. The zero-order valence-electron chi connectivity index (χ0n) is 7.87. The molecule has 0 spiro atoms. The summed E-state index contributed by atoms with van der Waals surface area (Å²) in [5.74, 6) is 0. The second-order valence-corrected chi connectivity index (χ2v) is 3.50. The van der Waals surface area contributed by atoms with Gasteiger partial charge in [-0.15, -0.1) is 0 Å². The second-order valence-electron chi connectivity index (χ2n) is 3.14. The third-order valence-electron chi connectivity index (χ3n) is 2.23. The molecule has 0 saturated heterocycles. The van der Waals surface area contributed by atoms with E-state index in [4.69, 9.17) is 11.6 Å². The van der Waals surface area contributed by atoms with Crippen LogP contribution in [-0.4, -0.2) is 4.98 Å². The minimum atomic E-state index is 0.575. The van der Waals surface area contributed by atoms with Crippen molar-refractivity contribution in [2.45, 2.75) is 6.92 Å². The Morgan fingerprint density at radius 3 is 2.50 bits per heavy atom. The first-order chi connectivity index (χ1) is 6.79. The van der Waals surface area contributed by atoms with Gasteiger partial charge in [0.2, 0.25) is 0 Å². The highest BCUT2D eigenvalue weighted by Gasteiger charge is 2.04. The largest absolute Gasteiger partial charge is 0.244 e. The van der Waals surface area contributed by atoms with Gasteiger partial charge in [0.1, 0.15) is 5.15 Å². The maximum Gasteiger partial charge on any atom is 0.132 e. The highest BCUT2D eigenvalue weighted by Crippen LogP contribution is 2.26. The Labute approximate surface area is 88.4 Å². The Bertz CT molecular complexity index is 437. The van der Waals surface area contributed by atoms with Gasteiger partial charge >= 0.3 is 0 Å². The van der Waals surface area contributed by atoms with Crippen LogP contribution in [0.25, 0.3) is 11.1 Å². The van der Waals surface area contributed by atoms with Crippen molar-refractivity contribution < 1.29 is 0 Å². The predicted molar refractivity (Wildman–Crippen MR) is 59.4 cm³/mol. The smallest absolute Gasteiger partial charge is 0.132 e. The van der Waals surface area contributed by atoms with E-state index in [0.717, 1.165) is 11.1 Å². The maximum atomic E-state index is 5.95. The highest BCUT2D eigenvalue weighted by molar-refractivity contribution is 6.30. The van der Waals surface area contributed by atoms with Crippen molar-refractivity contribution in [1.29, 1.82) is 0 Å². The standard InChI is InChI=1S/C12H10ClN/c1-9-11(7-8-14-12(9)13)10-5-3-2-4-6-10/h2-8H,1H3. The fourth-order valence-electron chi connectivity index (χ4n) is 1.44. The summed E-state index contributed by atoms with van der Waals surface area (Å²) >= 11 is 5.95. The molecule has 70 valence electrons. The summed E-state index contributed by atoms with van der Waals surface area (Å²) in [6, 6.07) is 12.2. The van der Waals surface area contributed by atoms with Gasteiger partial charge in [0.05, 0.1) is 0 Å². The van der Waals surface area contributed by atoms with Crippen molar-refractivity contribution in [3.63, 3.8) is 0 Å². The number of hydrogen-bond acceptors (Lipinski definition) is 1. The summed E-state index contributed by atoms with van der Waals surface area (Å²) in [5, 5.41) is 0.575. The molecule has 14 heavy (non-hydrogen) atoms. The van der Waals surface area contributed by atoms with Crippen LogP contribution in [0.1, 0.15) is 5.56 Å². The molecule has 0 aliphatic heterocycles. The van der Waals surface area contributed by atoms with Crippen LogP contribution in [0.4, 0.5) is 0 Å². The number of nitrogens with zero attached hydrogens (tertiary/aromatic N) is 1. The number of halogens is 1. The van der Waals surface area contributed by atoms with Crippen molar-refractivity contribution >= 4 is 11.6 Å². The number of rotatable bonds is 1. The number of aromatic nitrogens is 1. The lowest BCUT2D eigenvalue weighted by Gasteiger charge is -2.05. The van der Waals surface area contributed by atoms with E-state index in [1.54, 1.807) is 6.20 Å². The first-order valence-corrected chi connectivity index (χ1v) is 4.83. The van der Waals surface area contributed by atoms with E-state index < -0.39 is 0 Å². The summed E-state index contributed by atoms with van der Waals surface area (Å²) in [6.45, 7) is 1.98. The topological polar surface area (TPSA) is 12.9 Å². The molecule has 0 unspecified atom stereocenters. The van der Waals surface area contributed by atoms with Gasteiger partial charge in [-0.25, -0.2) is 4.98 Å². The molecule has 0 atom stereocenters. The maximum absolute atomic E-state index is 5.95. The molecule has 1 heterocycles. The number of benzene rings is 1. The lowest BCUT2D eigenvalue weighted by molar-refractivity contribution is 1.27. The molecular weight excluding hydrogens is 194 g/mol. The Morgan fingerprint density at radius 2 is 1.79 bits per heavy atom. The predicted octanol–water partition coefficient (Wildman–Crippen LogP) is 3.71. The fourth-order valence-corrected chi connectivity index (χ4v) is 1.60. The number of pyridine rings is 1. The molecule has 2 rings (SSSR count). The second kappa shape index (κ2) is 3.81. The molecule has 1 nitrogen and oxygen atoms in total. The van der Waals surface area contributed by atoms with Gasteiger partial charge in [-0.3, -0.25) is 0 Å². The summed E-state index contributed by atoms with van der Waals surface area (Å²) < 4.78 is 0. The van der Waals surface area contributed by atoms with Crippen molar-refractivity contribution in [2.75, 3.05) is 0 Å². The molecule has 1 aromatic carbocycles. The highest BCUT2D eigenvalue weighted by atomic mass is 35.5. The van der Waals surface area contributed by atoms with Crippen LogP contribution in [0.3, 0.4) is 0 Å². The van der Waals surface area contributed by atoms with Crippen molar-refractivity contribution in [3.8, 4) is 11.1 Å². The molecule has 2 heteroatoms. The third kappa shape index (κ3) is 1.64. The van der Waals surface area contributed by atoms with Gasteiger partial charge < -0.3 is 0 Å². The minimum Gasteiger partial charge on any atom is -0.244 e. The monoisotopic (exact) mass is 203 g/mol. The van der Waals surface area contributed by atoms with Crippen LogP contribution in [0.5, 0.6) is 0 Å². The van der Waals surface area contributed by atoms with E-state index in [9.17, 15) is 0 Å². The van der Waals surface area contributed by atoms with Crippen molar-refractivity contribution in [3.05, 3.63) is 53.3 Å². The average molecular weight is 204 g/mol. The Balaban J connectivity index is 2.58. The normalized spacial score (nSPS) is 10.1. The first kappa shape index (κ1) is 9.22. The van der Waals surface area contributed by atoms with Crippen molar-refractivity contribution in [1.82, 2.24) is 4.98 Å². The molecule has 0 N–H and O–H groups in total. The summed E-state index contributed by atoms with van der Waals surface area (Å²) in [4.78, 5) is 4.03. The fraction of sp³-hybridized carbons (Fsp3) is 0.0833. The lowest BCUT2D eigenvalue weighted by Crippen LogP contribution is -1.86. The summed E-state index contributed by atoms with van der Waals surface area (Å²) in [7, 11) is 0. The molecule has 0 saturated carbocycles. The van der Waals surface area contributed by atoms with Crippen LogP contribution in [-0.2, 0) is 0 Å². The van der Waals surface area contributed by atoms with Crippen LogP contribution >= 0.6 is 11.6 Å². The summed E-state index contributed by atoms with van der Waals surface area (Å²) in [6.07, 6.45) is 1.73. The zero-order chi connectivity index (χ0) is 9.97. The molecule has 0 radical (unpaired) electrons. The molecule has 0 bridgehead atoms. The van der Waals surface area contributed by atoms with E-state index in [1.165, 1.54) is 5.56 Å². The molecule has 0 fully saturated rings. The lowest BCUT2D eigenvalue weighted by atomic mass is 10.0. The van der Waals surface area contributed by atoms with E-state index in [0.29, 0.717) is 5.15 Å². The van der Waals surface area contributed by atoms with E-state index in [-0.39, 0.29) is 0 Å². The third-order valence-corrected chi connectivity index (χ3v) is 2.61. The molecule has 1 aromatic heterocycles. The van der Waals surface area contributed by atoms with Gasteiger partial charge in [0.15, 0.2) is 0 Å². The van der Waals surface area contributed by atoms with Crippen LogP contribution in [0, 0.1) is 6.92 Å². The quantitative estimate of drug-likeness (QED) is 0.644. The molecule has 0 aliphatic rings. The Kier molecular flexibility index (Phi) is 2.51. The Hall–Kier alpha value is -1.34. The van der Waals surface area contributed by atoms with Crippen LogP contribution < -0.4 is 0 Å². The first-order valence-electron chi connectivity index (χ1n) is 4.45. The minimum absolute atomic E-state index is 0.575. The van der Waals surface area contributed by atoms with Gasteiger partial charge in [0.25, 0.3) is 0 Å². The van der Waals surface area contributed by atoms with Gasteiger partial charge in [-0.05, 0) is 29.7 Å². The van der Waals surface area contributed by atoms with Crippen LogP contribution in [0.15, 0.2) is 42.6 Å². The van der Waals surface area contributed by atoms with E-state index in [1.807, 2.05) is 31.2 Å². The van der Waals surface area contributed by atoms with Gasteiger partial charge in [0, 0.05) is 6.20 Å². The van der Waals surface area contributed by atoms with Crippen LogP contribution in [0.2, 0.25) is 5.15 Å². The molecule has 2 aromatic rings. The zero-order valence-corrected chi connectivity index (χ0v) is 8.62. The molecular formula is C12H10ClN. The summed E-state index contributed by atoms with van der Waals surface area (Å²) in [5.41, 5.74) is 3.35. The molecule has 0 amide bonds. The molecule has 0 aliphatic carbocycles. The van der Waals surface area contributed by atoms with E-state index >= 15 is 0 Å². The Morgan fingerprint density at radius 1 is 1.07 bits per heavy atom. The van der Waals surface area contributed by atoms with Gasteiger partial charge in [-0.2, -0.15) is 0 Å². The van der Waals surface area contributed by atoms with Crippen molar-refractivity contribution in [2.24, 2.45) is 0 Å². The van der Waals surface area contributed by atoms with E-state index in [2.05, 4.69) is 17.1 Å². The SMILES string of the molecule is Cc1c(-c2ccccc2)ccnc1Cl. The van der Waals surface area contributed by atoms with Gasteiger partial charge in [-0.1, -0.05) is 41.9 Å². The average Bonchev–Trinajstić information content (AvgIpc) is 2.23.